The molecule has 3 rings (SSSR count). The molecule has 1 aromatic heterocycles. The van der Waals surface area contributed by atoms with Gasteiger partial charge in [-0.1, -0.05) is 28.1 Å². The van der Waals surface area contributed by atoms with Crippen molar-refractivity contribution in [1.82, 2.24) is 4.98 Å². The van der Waals surface area contributed by atoms with Gasteiger partial charge < -0.3 is 4.90 Å². The number of aromatic nitrogens is 1. The van der Waals surface area contributed by atoms with Crippen molar-refractivity contribution in [3.8, 4) is 6.07 Å². The molecule has 0 radical (unpaired) electrons. The van der Waals surface area contributed by atoms with Crippen molar-refractivity contribution in [1.29, 1.82) is 5.26 Å². The number of hydrogen-bond donors (Lipinski definition) is 0. The zero-order valence-corrected chi connectivity index (χ0v) is 14.2. The fraction of sp³-hybridized carbons (Fsp3) is 0.333. The SMILES string of the molecule is Cc1cc(C2CCN(c3ccc(C#N)cn3)CC2)ccc1Br. The molecule has 22 heavy (non-hydrogen) atoms. The fourth-order valence-electron chi connectivity index (χ4n) is 3.00. The molecule has 1 aliphatic heterocycles. The predicted octanol–water partition coefficient (Wildman–Crippen LogP) is 4.41. The molecular formula is C18H18BrN3. The minimum atomic E-state index is 0.615. The lowest BCUT2D eigenvalue weighted by Crippen LogP contribution is -2.33. The molecule has 0 spiro atoms. The molecule has 1 aliphatic rings. The maximum Gasteiger partial charge on any atom is 0.128 e. The summed E-state index contributed by atoms with van der Waals surface area (Å²) >= 11 is 3.57. The number of anilines is 1. The van der Waals surface area contributed by atoms with E-state index in [0.29, 0.717) is 11.5 Å². The number of pyridine rings is 1. The number of aryl methyl sites for hydroxylation is 1. The summed E-state index contributed by atoms with van der Waals surface area (Å²) in [6, 6.07) is 12.6. The van der Waals surface area contributed by atoms with Crippen LogP contribution in [0.1, 0.15) is 35.4 Å². The third kappa shape index (κ3) is 3.15. The first-order chi connectivity index (χ1) is 10.7. The van der Waals surface area contributed by atoms with Crippen LogP contribution >= 0.6 is 15.9 Å². The maximum atomic E-state index is 8.83. The maximum absolute atomic E-state index is 8.83. The Morgan fingerprint density at radius 1 is 1.23 bits per heavy atom. The summed E-state index contributed by atoms with van der Waals surface area (Å²) in [6.45, 7) is 4.17. The summed E-state index contributed by atoms with van der Waals surface area (Å²) < 4.78 is 1.18. The van der Waals surface area contributed by atoms with Gasteiger partial charge in [0.25, 0.3) is 0 Å². The quantitative estimate of drug-likeness (QED) is 0.800. The van der Waals surface area contributed by atoms with Crippen LogP contribution in [0.4, 0.5) is 5.82 Å². The van der Waals surface area contributed by atoms with Crippen molar-refractivity contribution in [3.63, 3.8) is 0 Å². The van der Waals surface area contributed by atoms with Gasteiger partial charge in [0.1, 0.15) is 11.9 Å². The lowest BCUT2D eigenvalue weighted by atomic mass is 9.89. The average molecular weight is 356 g/mol. The van der Waals surface area contributed by atoms with E-state index in [2.05, 4.69) is 57.0 Å². The van der Waals surface area contributed by atoms with Crippen molar-refractivity contribution in [3.05, 3.63) is 57.7 Å². The number of nitriles is 1. The molecule has 0 amide bonds. The average Bonchev–Trinajstić information content (AvgIpc) is 2.58. The Balaban J connectivity index is 1.66. The second-order valence-electron chi connectivity index (χ2n) is 5.79. The normalized spacial score (nSPS) is 15.6. The summed E-state index contributed by atoms with van der Waals surface area (Å²) in [5.74, 6) is 1.60. The Hall–Kier alpha value is -1.86. The van der Waals surface area contributed by atoms with E-state index in [1.807, 2.05) is 12.1 Å². The molecule has 1 saturated heterocycles. The largest absolute Gasteiger partial charge is 0.357 e. The molecule has 2 heterocycles. The van der Waals surface area contributed by atoms with E-state index in [1.165, 1.54) is 15.6 Å². The van der Waals surface area contributed by atoms with Gasteiger partial charge in [0.2, 0.25) is 0 Å². The Morgan fingerprint density at radius 2 is 2.00 bits per heavy atom. The summed E-state index contributed by atoms with van der Waals surface area (Å²) in [6.07, 6.45) is 3.94. The van der Waals surface area contributed by atoms with Crippen LogP contribution in [0.2, 0.25) is 0 Å². The van der Waals surface area contributed by atoms with E-state index in [0.717, 1.165) is 31.7 Å². The van der Waals surface area contributed by atoms with Crippen molar-refractivity contribution in [2.75, 3.05) is 18.0 Å². The van der Waals surface area contributed by atoms with Crippen molar-refractivity contribution < 1.29 is 0 Å². The fourth-order valence-corrected chi connectivity index (χ4v) is 3.25. The van der Waals surface area contributed by atoms with Gasteiger partial charge in [-0.3, -0.25) is 0 Å². The smallest absolute Gasteiger partial charge is 0.128 e. The summed E-state index contributed by atoms with van der Waals surface area (Å²) in [4.78, 5) is 6.70. The number of halogens is 1. The first-order valence-corrected chi connectivity index (χ1v) is 8.34. The molecule has 0 atom stereocenters. The van der Waals surface area contributed by atoms with Gasteiger partial charge in [0, 0.05) is 23.8 Å². The van der Waals surface area contributed by atoms with Crippen LogP contribution in [-0.2, 0) is 0 Å². The van der Waals surface area contributed by atoms with Gasteiger partial charge in [0.05, 0.1) is 5.56 Å². The summed E-state index contributed by atoms with van der Waals surface area (Å²) in [5, 5.41) is 8.83. The van der Waals surface area contributed by atoms with Gasteiger partial charge in [-0.05, 0) is 55.0 Å². The lowest BCUT2D eigenvalue weighted by molar-refractivity contribution is 0.502. The van der Waals surface area contributed by atoms with Crippen LogP contribution in [0.25, 0.3) is 0 Å². The van der Waals surface area contributed by atoms with Gasteiger partial charge >= 0.3 is 0 Å². The zero-order valence-electron chi connectivity index (χ0n) is 12.6. The molecule has 112 valence electrons. The third-order valence-corrected chi connectivity index (χ3v) is 5.24. The Morgan fingerprint density at radius 3 is 2.59 bits per heavy atom. The summed E-state index contributed by atoms with van der Waals surface area (Å²) in [7, 11) is 0. The monoisotopic (exact) mass is 355 g/mol. The molecule has 0 N–H and O–H groups in total. The van der Waals surface area contributed by atoms with Gasteiger partial charge in [-0.15, -0.1) is 0 Å². The number of rotatable bonds is 2. The van der Waals surface area contributed by atoms with E-state index in [9.17, 15) is 0 Å². The first-order valence-electron chi connectivity index (χ1n) is 7.54. The van der Waals surface area contributed by atoms with Gasteiger partial charge in [-0.2, -0.15) is 5.26 Å². The van der Waals surface area contributed by atoms with Gasteiger partial charge in [-0.25, -0.2) is 4.98 Å². The van der Waals surface area contributed by atoms with Crippen LogP contribution in [0, 0.1) is 18.3 Å². The molecule has 0 aliphatic carbocycles. The number of piperidine rings is 1. The van der Waals surface area contributed by atoms with Crippen LogP contribution in [0.15, 0.2) is 41.0 Å². The van der Waals surface area contributed by atoms with Crippen molar-refractivity contribution in [2.24, 2.45) is 0 Å². The Bertz CT molecular complexity index is 695. The molecule has 0 unspecified atom stereocenters. The van der Waals surface area contributed by atoms with E-state index >= 15 is 0 Å². The van der Waals surface area contributed by atoms with Crippen molar-refractivity contribution in [2.45, 2.75) is 25.7 Å². The van der Waals surface area contributed by atoms with E-state index in [4.69, 9.17) is 5.26 Å². The second kappa shape index (κ2) is 6.50. The predicted molar refractivity (Wildman–Crippen MR) is 92.0 cm³/mol. The molecule has 1 aromatic carbocycles. The van der Waals surface area contributed by atoms with E-state index < -0.39 is 0 Å². The second-order valence-corrected chi connectivity index (χ2v) is 6.64. The molecule has 0 saturated carbocycles. The number of nitrogens with zero attached hydrogens (tertiary/aromatic N) is 3. The van der Waals surface area contributed by atoms with E-state index in [-0.39, 0.29) is 0 Å². The topological polar surface area (TPSA) is 39.9 Å². The molecule has 1 fully saturated rings. The third-order valence-electron chi connectivity index (χ3n) is 4.35. The molecule has 0 bridgehead atoms. The minimum absolute atomic E-state index is 0.615. The summed E-state index contributed by atoms with van der Waals surface area (Å²) in [5.41, 5.74) is 3.35. The highest BCUT2D eigenvalue weighted by Crippen LogP contribution is 2.31. The van der Waals surface area contributed by atoms with Gasteiger partial charge in [0.15, 0.2) is 0 Å². The molecule has 2 aromatic rings. The van der Waals surface area contributed by atoms with Crippen molar-refractivity contribution >= 4 is 21.7 Å². The van der Waals surface area contributed by atoms with E-state index in [1.54, 1.807) is 6.20 Å². The standard InChI is InChI=1S/C18H18BrN3/c1-13-10-16(3-4-17(13)19)15-6-8-22(9-7-15)18-5-2-14(11-20)12-21-18/h2-5,10,12,15H,6-9H2,1H3. The molecular weight excluding hydrogens is 338 g/mol. The lowest BCUT2D eigenvalue weighted by Gasteiger charge is -2.33. The number of benzene rings is 1. The minimum Gasteiger partial charge on any atom is -0.357 e. The van der Waals surface area contributed by atoms with Crippen LogP contribution in [0.5, 0.6) is 0 Å². The highest BCUT2D eigenvalue weighted by atomic mass is 79.9. The highest BCUT2D eigenvalue weighted by molar-refractivity contribution is 9.10. The molecule has 4 heteroatoms. The Labute approximate surface area is 139 Å². The van der Waals surface area contributed by atoms with Crippen LogP contribution < -0.4 is 4.90 Å². The first kappa shape index (κ1) is 15.1. The zero-order chi connectivity index (χ0) is 15.5. The molecule has 3 nitrogen and oxygen atoms in total. The number of hydrogen-bond acceptors (Lipinski definition) is 3. The van der Waals surface area contributed by atoms with Crippen LogP contribution in [-0.4, -0.2) is 18.1 Å². The van der Waals surface area contributed by atoms with Crippen LogP contribution in [0.3, 0.4) is 0 Å². The Kier molecular flexibility index (Phi) is 4.44. The highest BCUT2D eigenvalue weighted by Gasteiger charge is 2.21.